The number of benzene rings is 2. The monoisotopic (exact) mass is 517 g/mol. The number of ether oxygens (including phenoxy) is 2. The Labute approximate surface area is 199 Å². The van der Waals surface area contributed by atoms with Gasteiger partial charge in [-0.15, -0.1) is 13.2 Å². The van der Waals surface area contributed by atoms with Crippen LogP contribution in [0.2, 0.25) is 5.02 Å². The number of hydrogen-bond donors (Lipinski definition) is 1. The fourth-order valence-corrected chi connectivity index (χ4v) is 3.74. The Morgan fingerprint density at radius 3 is 2.00 bits per heavy atom. The molecule has 0 radical (unpaired) electrons. The van der Waals surface area contributed by atoms with Gasteiger partial charge in [-0.25, -0.2) is 0 Å². The summed E-state index contributed by atoms with van der Waals surface area (Å²) in [5, 5.41) is 0.0565. The van der Waals surface area contributed by atoms with E-state index < -0.39 is 15.0 Å². The first-order valence-electron chi connectivity index (χ1n) is 9.68. The molecular formula is C22H20ClF3NO6P. The first kappa shape index (κ1) is 26.0. The van der Waals surface area contributed by atoms with Crippen LogP contribution in [0.3, 0.4) is 0 Å². The lowest BCUT2D eigenvalue weighted by Crippen LogP contribution is -2.16. The molecule has 0 spiro atoms. The Morgan fingerprint density at radius 2 is 1.47 bits per heavy atom. The number of nitrogens with one attached hydrogen (secondary N) is 1. The zero-order chi connectivity index (χ0) is 24.9. The largest absolute Gasteiger partial charge is 0.573 e. The van der Waals surface area contributed by atoms with Gasteiger partial charge < -0.3 is 28.0 Å². The van der Waals surface area contributed by atoms with Crippen molar-refractivity contribution in [3.63, 3.8) is 0 Å². The van der Waals surface area contributed by atoms with E-state index in [9.17, 15) is 18.0 Å². The van der Waals surface area contributed by atoms with E-state index in [0.717, 1.165) is 12.1 Å². The third-order valence-corrected chi connectivity index (χ3v) is 5.84. The van der Waals surface area contributed by atoms with Crippen molar-refractivity contribution in [2.24, 2.45) is 0 Å². The summed E-state index contributed by atoms with van der Waals surface area (Å²) in [5.41, 5.74) is 1.48. The van der Waals surface area contributed by atoms with Crippen LogP contribution < -0.4 is 14.9 Å². The predicted octanol–water partition coefficient (Wildman–Crippen LogP) is 6.73. The minimum absolute atomic E-state index is 0.0144. The molecule has 0 aliphatic rings. The number of rotatable bonds is 9. The van der Waals surface area contributed by atoms with E-state index in [1.165, 1.54) is 26.4 Å². The Morgan fingerprint density at radius 1 is 0.941 bits per heavy atom. The van der Waals surface area contributed by atoms with E-state index >= 15 is 0 Å². The van der Waals surface area contributed by atoms with Crippen LogP contribution in [0.4, 0.5) is 13.2 Å². The molecule has 0 fully saturated rings. The van der Waals surface area contributed by atoms with E-state index in [1.807, 2.05) is 0 Å². The summed E-state index contributed by atoms with van der Waals surface area (Å²) in [4.78, 5) is 16.0. The van der Waals surface area contributed by atoms with Gasteiger partial charge in [-0.05, 0) is 48.9 Å². The standard InChI is InChI=1S/C22H20ClF3NO6P/c1-13-20(23)21(28)19(18(27-13)12-31-34(29-2)30-3)14-4-6-15(7-5-14)32-16-8-10-17(11-9-16)33-22(24,25)26/h4-11H,12H2,1-3H3,(H,27,28). The highest BCUT2D eigenvalue weighted by molar-refractivity contribution is 7.41. The highest BCUT2D eigenvalue weighted by Crippen LogP contribution is 2.39. The third-order valence-electron chi connectivity index (χ3n) is 4.44. The molecule has 3 aromatic rings. The second kappa shape index (κ2) is 11.2. The summed E-state index contributed by atoms with van der Waals surface area (Å²) in [6.07, 6.45) is -4.77. The second-order valence-electron chi connectivity index (χ2n) is 6.75. The average molecular weight is 518 g/mol. The van der Waals surface area contributed by atoms with E-state index in [1.54, 1.807) is 31.2 Å². The van der Waals surface area contributed by atoms with E-state index in [4.69, 9.17) is 29.9 Å². The lowest BCUT2D eigenvalue weighted by atomic mass is 10.0. The van der Waals surface area contributed by atoms with Crippen LogP contribution in [0.5, 0.6) is 17.2 Å². The third kappa shape index (κ3) is 6.71. The van der Waals surface area contributed by atoms with Crippen molar-refractivity contribution in [2.45, 2.75) is 19.9 Å². The van der Waals surface area contributed by atoms with Gasteiger partial charge in [0.1, 0.15) is 22.3 Å². The Balaban J connectivity index is 1.82. The zero-order valence-electron chi connectivity index (χ0n) is 18.2. The first-order valence-corrected chi connectivity index (χ1v) is 11.1. The van der Waals surface area contributed by atoms with Crippen LogP contribution >= 0.6 is 20.2 Å². The molecule has 0 unspecified atom stereocenters. The minimum Gasteiger partial charge on any atom is -0.457 e. The molecule has 7 nitrogen and oxygen atoms in total. The van der Waals surface area contributed by atoms with Gasteiger partial charge in [0.2, 0.25) is 5.43 Å². The van der Waals surface area contributed by atoms with Gasteiger partial charge in [0.25, 0.3) is 0 Å². The Kier molecular flexibility index (Phi) is 8.57. The molecule has 1 aromatic heterocycles. The summed E-state index contributed by atoms with van der Waals surface area (Å²) in [6.45, 7) is 1.69. The maximum absolute atomic E-state index is 12.9. The number of aromatic nitrogens is 1. The van der Waals surface area contributed by atoms with E-state index in [-0.39, 0.29) is 22.8 Å². The molecule has 0 atom stereocenters. The van der Waals surface area contributed by atoms with Gasteiger partial charge in [0, 0.05) is 19.9 Å². The molecule has 0 saturated heterocycles. The van der Waals surface area contributed by atoms with Gasteiger partial charge >= 0.3 is 15.0 Å². The summed E-state index contributed by atoms with van der Waals surface area (Å²) in [6, 6.07) is 11.5. The van der Waals surface area contributed by atoms with Crippen molar-refractivity contribution >= 4 is 20.2 Å². The van der Waals surface area contributed by atoms with E-state index in [2.05, 4.69) is 9.72 Å². The molecule has 0 aliphatic heterocycles. The average Bonchev–Trinajstić information content (AvgIpc) is 2.79. The summed E-state index contributed by atoms with van der Waals surface area (Å²) in [7, 11) is 1.31. The van der Waals surface area contributed by atoms with Gasteiger partial charge in [0.15, 0.2) is 0 Å². The van der Waals surface area contributed by atoms with Crippen molar-refractivity contribution in [1.82, 2.24) is 4.98 Å². The highest BCUT2D eigenvalue weighted by Gasteiger charge is 2.31. The maximum atomic E-state index is 12.9. The highest BCUT2D eigenvalue weighted by atomic mass is 35.5. The van der Waals surface area contributed by atoms with Crippen molar-refractivity contribution in [1.29, 1.82) is 0 Å². The maximum Gasteiger partial charge on any atom is 0.573 e. The number of H-pyrrole nitrogens is 1. The molecule has 12 heteroatoms. The number of aryl methyl sites for hydroxylation is 1. The molecular weight excluding hydrogens is 498 g/mol. The van der Waals surface area contributed by atoms with Gasteiger partial charge in [-0.1, -0.05) is 23.7 Å². The fourth-order valence-electron chi connectivity index (χ4n) is 3.01. The van der Waals surface area contributed by atoms with Gasteiger partial charge in [0.05, 0.1) is 17.9 Å². The molecule has 182 valence electrons. The smallest absolute Gasteiger partial charge is 0.457 e. The Bertz CT molecular complexity index is 1170. The number of pyridine rings is 1. The molecule has 34 heavy (non-hydrogen) atoms. The molecule has 0 saturated carbocycles. The van der Waals surface area contributed by atoms with Gasteiger partial charge in [-0.2, -0.15) is 0 Å². The van der Waals surface area contributed by atoms with E-state index in [0.29, 0.717) is 34.0 Å². The predicted molar refractivity (Wildman–Crippen MR) is 121 cm³/mol. The molecule has 1 heterocycles. The summed E-state index contributed by atoms with van der Waals surface area (Å²) >= 11 is 6.18. The molecule has 1 N–H and O–H groups in total. The van der Waals surface area contributed by atoms with Crippen molar-refractivity contribution in [3.05, 3.63) is 75.2 Å². The lowest BCUT2D eigenvalue weighted by molar-refractivity contribution is -0.274. The number of halogens is 4. The van der Waals surface area contributed by atoms with Crippen LogP contribution in [0, 0.1) is 6.92 Å². The van der Waals surface area contributed by atoms with Crippen LogP contribution in [-0.2, 0) is 20.2 Å². The quantitative estimate of drug-likeness (QED) is 0.317. The molecule has 0 aliphatic carbocycles. The van der Waals surface area contributed by atoms with Crippen molar-refractivity contribution in [2.75, 3.05) is 14.2 Å². The van der Waals surface area contributed by atoms with Gasteiger partial charge in [-0.3, -0.25) is 4.79 Å². The lowest BCUT2D eigenvalue weighted by Gasteiger charge is -2.15. The molecule has 2 aromatic carbocycles. The number of hydrogen-bond acceptors (Lipinski definition) is 6. The zero-order valence-corrected chi connectivity index (χ0v) is 19.9. The van der Waals surface area contributed by atoms with Crippen LogP contribution in [-0.4, -0.2) is 25.6 Å². The van der Waals surface area contributed by atoms with Crippen LogP contribution in [0.25, 0.3) is 11.1 Å². The Hall–Kier alpha value is -2.62. The number of alkyl halides is 3. The van der Waals surface area contributed by atoms with Crippen molar-refractivity contribution in [3.8, 4) is 28.4 Å². The molecule has 3 rings (SSSR count). The summed E-state index contributed by atoms with van der Waals surface area (Å²) in [5.74, 6) is 0.356. The molecule has 0 bridgehead atoms. The number of aromatic amines is 1. The summed E-state index contributed by atoms with van der Waals surface area (Å²) < 4.78 is 62.1. The topological polar surface area (TPSA) is 79.0 Å². The second-order valence-corrected chi connectivity index (χ2v) is 8.57. The SMILES string of the molecule is COP(OC)OCc1[nH]c(C)c(Cl)c(=O)c1-c1ccc(Oc2ccc(OC(F)(F)F)cc2)cc1. The van der Waals surface area contributed by atoms with Crippen molar-refractivity contribution < 1.29 is 36.2 Å². The van der Waals surface area contributed by atoms with Crippen LogP contribution in [0.15, 0.2) is 53.3 Å². The minimum atomic E-state index is -4.77. The normalized spacial score (nSPS) is 11.6. The molecule has 0 amide bonds. The first-order chi connectivity index (χ1) is 16.1. The van der Waals surface area contributed by atoms with Crippen LogP contribution in [0.1, 0.15) is 11.4 Å². The fraction of sp³-hybridized carbons (Fsp3) is 0.227.